The van der Waals surface area contributed by atoms with Gasteiger partial charge in [0.25, 0.3) is 0 Å². The smallest absolute Gasteiger partial charge is 0.315 e. The monoisotopic (exact) mass is 1070 g/mol. The van der Waals surface area contributed by atoms with Crippen LogP contribution in [0.2, 0.25) is 0 Å². The van der Waals surface area contributed by atoms with Gasteiger partial charge in [-0.25, -0.2) is 0 Å². The molecule has 0 aromatic heterocycles. The predicted molar refractivity (Wildman–Crippen MR) is 253 cm³/mol. The number of carbonyl (C=O) groups excluding carboxylic acids is 1. The topological polar surface area (TPSA) is 371 Å². The van der Waals surface area contributed by atoms with E-state index in [0.29, 0.717) is 51.4 Å². The molecular weight excluding hydrogens is 993 g/mol. The van der Waals surface area contributed by atoms with Gasteiger partial charge in [-0.2, -0.15) is 0 Å². The Hall–Kier alpha value is -2.08. The van der Waals surface area contributed by atoms with Crippen molar-refractivity contribution in [3.63, 3.8) is 0 Å². The zero-order valence-electron chi connectivity index (χ0n) is 43.7. The summed E-state index contributed by atoms with van der Waals surface area (Å²) in [5.41, 5.74) is -3.70. The number of carbonyl (C=O) groups is 2. The Morgan fingerprint density at radius 2 is 1.23 bits per heavy atom. The Bertz CT molecular complexity index is 2130. The second-order valence-electron chi connectivity index (χ2n) is 25.3. The number of aliphatic carboxylic acids is 1. The SMILES string of the molecule is CC1OC(OC2C(OC(=O)C34CCC(C)(C)CC3C3=CCC5C6(C)CC(O)C(OC7OC(CO)C(O)C(O)C7O)C(C)(C(=O)O)C6CCC5(C)C3(C)CC4)OCC(O)C2O)C(O)C(O)C1OC1OCC(O)C(O)C1O. The van der Waals surface area contributed by atoms with E-state index < -0.39 is 181 Å². The van der Waals surface area contributed by atoms with Crippen LogP contribution in [-0.4, -0.2) is 221 Å². The van der Waals surface area contributed by atoms with Crippen LogP contribution < -0.4 is 0 Å². The van der Waals surface area contributed by atoms with Gasteiger partial charge in [0, 0.05) is 0 Å². The summed E-state index contributed by atoms with van der Waals surface area (Å²) in [7, 11) is 0. The molecule has 428 valence electrons. The number of aliphatic hydroxyl groups is 12. The molecule has 0 bridgehead atoms. The number of fused-ring (bicyclic) bond motifs is 7. The minimum Gasteiger partial charge on any atom is -0.481 e. The van der Waals surface area contributed by atoms with Gasteiger partial charge >= 0.3 is 11.9 Å². The van der Waals surface area contributed by atoms with Crippen molar-refractivity contribution < 1.29 is 114 Å². The summed E-state index contributed by atoms with van der Waals surface area (Å²) in [6, 6.07) is 0. The van der Waals surface area contributed by atoms with Crippen LogP contribution in [0.25, 0.3) is 0 Å². The van der Waals surface area contributed by atoms with Crippen molar-refractivity contribution in [2.24, 2.45) is 50.2 Å². The molecule has 75 heavy (non-hydrogen) atoms. The number of rotatable bonds is 10. The van der Waals surface area contributed by atoms with Crippen molar-refractivity contribution in [3.8, 4) is 0 Å². The summed E-state index contributed by atoms with van der Waals surface area (Å²) in [4.78, 5) is 29.0. The van der Waals surface area contributed by atoms with Crippen LogP contribution in [0.1, 0.15) is 106 Å². The number of allylic oxidation sites excluding steroid dienone is 2. The molecule has 9 aliphatic rings. The van der Waals surface area contributed by atoms with E-state index in [1.54, 1.807) is 6.92 Å². The van der Waals surface area contributed by atoms with E-state index in [1.807, 2.05) is 6.92 Å². The van der Waals surface area contributed by atoms with E-state index in [9.17, 15) is 71.2 Å². The van der Waals surface area contributed by atoms with E-state index >= 15 is 4.79 Å². The fourth-order valence-corrected chi connectivity index (χ4v) is 16.0. The third kappa shape index (κ3) is 9.16. The average molecular weight is 1080 g/mol. The molecule has 0 aromatic carbocycles. The van der Waals surface area contributed by atoms with Crippen molar-refractivity contribution in [2.75, 3.05) is 19.8 Å². The summed E-state index contributed by atoms with van der Waals surface area (Å²) in [6.07, 6.45) is -24.9. The molecule has 4 saturated heterocycles. The summed E-state index contributed by atoms with van der Waals surface area (Å²) < 4.78 is 47.1. The minimum absolute atomic E-state index is 0.130. The van der Waals surface area contributed by atoms with Gasteiger partial charge in [0.15, 0.2) is 25.0 Å². The molecule has 4 saturated carbocycles. The molecule has 9 rings (SSSR count). The molecule has 23 heteroatoms. The maximum absolute atomic E-state index is 15.3. The molecule has 28 atom stereocenters. The standard InChI is InChI=1S/C52H82O23/c1-21-38(72-41-35(62)30(57)25(55)19-68-41)34(61)37(64)42(70-21)73-39-31(58)26(56)20-69-44(39)75-46(67)52-14-12-47(2,3)16-23(52)22-8-9-28-48(4)17-24(54)40(74-43-36(63)33(60)32(59)27(18-53)71-43)51(7,45(65)66)29(48)10-11-50(28,6)49(22,5)13-15-52/h8,21,23-44,53-64H,9-20H2,1-7H3,(H,65,66). The second-order valence-corrected chi connectivity index (χ2v) is 25.3. The normalized spacial score (nSPS) is 54.8. The van der Waals surface area contributed by atoms with Crippen LogP contribution in [0.4, 0.5) is 0 Å². The van der Waals surface area contributed by atoms with Crippen LogP contribution in [0.3, 0.4) is 0 Å². The molecule has 13 N–H and O–H groups in total. The molecule has 0 radical (unpaired) electrons. The van der Waals surface area contributed by atoms with Crippen molar-refractivity contribution in [2.45, 2.75) is 229 Å². The Labute approximate surface area is 435 Å². The number of carboxylic acids is 1. The van der Waals surface area contributed by atoms with E-state index in [2.05, 4.69) is 33.8 Å². The van der Waals surface area contributed by atoms with E-state index in [4.69, 9.17) is 37.9 Å². The van der Waals surface area contributed by atoms with E-state index in [0.717, 1.165) is 5.57 Å². The first-order valence-electron chi connectivity index (χ1n) is 26.8. The summed E-state index contributed by atoms with van der Waals surface area (Å²) in [5, 5.41) is 140. The summed E-state index contributed by atoms with van der Waals surface area (Å²) in [5.74, 6) is -2.87. The fourth-order valence-electron chi connectivity index (χ4n) is 16.0. The molecular formula is C52H82O23. The van der Waals surface area contributed by atoms with Gasteiger partial charge in [-0.05, 0) is 111 Å². The molecule has 0 amide bonds. The quantitative estimate of drug-likeness (QED) is 0.0659. The molecule has 0 aromatic rings. The zero-order chi connectivity index (χ0) is 54.9. The second kappa shape index (κ2) is 20.5. The van der Waals surface area contributed by atoms with Gasteiger partial charge in [0.2, 0.25) is 6.29 Å². The Morgan fingerprint density at radius 1 is 0.627 bits per heavy atom. The molecule has 4 aliphatic heterocycles. The molecule has 8 fully saturated rings. The number of aliphatic hydroxyl groups excluding tert-OH is 12. The van der Waals surface area contributed by atoms with Gasteiger partial charge in [-0.1, -0.05) is 46.3 Å². The first-order chi connectivity index (χ1) is 35.0. The van der Waals surface area contributed by atoms with Crippen LogP contribution in [0.15, 0.2) is 11.6 Å². The lowest BCUT2D eigenvalue weighted by atomic mass is 9.33. The Morgan fingerprint density at radius 3 is 1.89 bits per heavy atom. The van der Waals surface area contributed by atoms with Crippen LogP contribution in [0, 0.1) is 50.2 Å². The van der Waals surface area contributed by atoms with Gasteiger partial charge in [0.1, 0.15) is 79.4 Å². The largest absolute Gasteiger partial charge is 0.481 e. The van der Waals surface area contributed by atoms with Gasteiger partial charge in [-0.15, -0.1) is 0 Å². The lowest BCUT2D eigenvalue weighted by Gasteiger charge is -2.71. The third-order valence-corrected chi connectivity index (χ3v) is 20.7. The fraction of sp³-hybridized carbons (Fsp3) is 0.923. The minimum atomic E-state index is -1.87. The first-order valence-corrected chi connectivity index (χ1v) is 26.8. The highest BCUT2D eigenvalue weighted by atomic mass is 16.8. The van der Waals surface area contributed by atoms with Crippen LogP contribution in [0.5, 0.6) is 0 Å². The van der Waals surface area contributed by atoms with E-state index in [1.165, 1.54) is 6.92 Å². The third-order valence-electron chi connectivity index (χ3n) is 20.7. The highest BCUT2D eigenvalue weighted by Crippen LogP contribution is 2.76. The molecule has 0 spiro atoms. The Kier molecular flexibility index (Phi) is 15.7. The van der Waals surface area contributed by atoms with E-state index in [-0.39, 0.29) is 30.3 Å². The summed E-state index contributed by atoms with van der Waals surface area (Å²) in [6.45, 7) is 12.3. The first kappa shape index (κ1) is 57.6. The van der Waals surface area contributed by atoms with Gasteiger partial charge < -0.3 is 104 Å². The number of esters is 1. The van der Waals surface area contributed by atoms with Crippen LogP contribution in [-0.2, 0) is 47.5 Å². The lowest BCUT2D eigenvalue weighted by molar-refractivity contribution is -0.368. The summed E-state index contributed by atoms with van der Waals surface area (Å²) >= 11 is 0. The number of hydrogen-bond donors (Lipinski definition) is 13. The maximum Gasteiger partial charge on any atom is 0.315 e. The van der Waals surface area contributed by atoms with Crippen molar-refractivity contribution in [1.29, 1.82) is 0 Å². The molecule has 4 heterocycles. The Balaban J connectivity index is 0.956. The molecule has 5 aliphatic carbocycles. The van der Waals surface area contributed by atoms with Gasteiger partial charge in [0.05, 0.1) is 42.9 Å². The van der Waals surface area contributed by atoms with Crippen molar-refractivity contribution in [3.05, 3.63) is 11.6 Å². The highest BCUT2D eigenvalue weighted by molar-refractivity contribution is 5.79. The molecule has 23 nitrogen and oxygen atoms in total. The molecule has 28 unspecified atom stereocenters. The van der Waals surface area contributed by atoms with Crippen LogP contribution >= 0.6 is 0 Å². The number of hydrogen-bond acceptors (Lipinski definition) is 22. The lowest BCUT2D eigenvalue weighted by Crippen LogP contribution is -2.70. The maximum atomic E-state index is 15.3. The average Bonchev–Trinajstić information content (AvgIpc) is 3.35. The number of ether oxygens (including phenoxy) is 8. The zero-order valence-corrected chi connectivity index (χ0v) is 43.7. The van der Waals surface area contributed by atoms with Gasteiger partial charge in [-0.3, -0.25) is 9.59 Å². The predicted octanol–water partition coefficient (Wildman–Crippen LogP) is -1.69. The van der Waals surface area contributed by atoms with Crippen molar-refractivity contribution in [1.82, 2.24) is 0 Å². The number of carboxylic acid groups (broad SMARTS) is 1. The van der Waals surface area contributed by atoms with Crippen molar-refractivity contribution >= 4 is 11.9 Å². The highest BCUT2D eigenvalue weighted by Gasteiger charge is 2.73.